The first-order chi connectivity index (χ1) is 17.5. The summed E-state index contributed by atoms with van der Waals surface area (Å²) in [6.07, 6.45) is 6.72. The van der Waals surface area contributed by atoms with E-state index in [0.29, 0.717) is 22.5 Å². The van der Waals surface area contributed by atoms with Crippen LogP contribution in [-0.2, 0) is 16.1 Å². The summed E-state index contributed by atoms with van der Waals surface area (Å²) in [4.78, 5) is 42.0. The minimum Gasteiger partial charge on any atom is -0.360 e. The van der Waals surface area contributed by atoms with Crippen molar-refractivity contribution in [1.29, 1.82) is 5.26 Å². The second-order valence-electron chi connectivity index (χ2n) is 8.85. The number of carbonyl (C=O) groups is 2. The molecule has 0 saturated heterocycles. The largest absolute Gasteiger partial charge is 0.360 e. The van der Waals surface area contributed by atoms with E-state index in [0.717, 1.165) is 11.3 Å². The number of anilines is 2. The zero-order valence-corrected chi connectivity index (χ0v) is 23.0. The number of hydrogen-bond acceptors (Lipinski definition) is 7. The van der Waals surface area contributed by atoms with E-state index in [2.05, 4.69) is 49.1 Å². The second kappa shape index (κ2) is 13.4. The van der Waals surface area contributed by atoms with Gasteiger partial charge in [0.05, 0.1) is 13.1 Å². The van der Waals surface area contributed by atoms with Crippen LogP contribution in [0.15, 0.2) is 29.1 Å². The summed E-state index contributed by atoms with van der Waals surface area (Å²) in [5.74, 6) is 1.63. The van der Waals surface area contributed by atoms with Crippen molar-refractivity contribution in [2.45, 2.75) is 53.2 Å². The average Bonchev–Trinajstić information content (AvgIpc) is 3.18. The lowest BCUT2D eigenvalue weighted by atomic mass is 10.2. The molecule has 0 spiro atoms. The normalized spacial score (nSPS) is 12.4. The zero-order chi connectivity index (χ0) is 27.7. The Balaban J connectivity index is 2.37. The van der Waals surface area contributed by atoms with E-state index in [1.54, 1.807) is 18.9 Å². The third-order valence-corrected chi connectivity index (χ3v) is 6.88. The number of rotatable bonds is 10. The van der Waals surface area contributed by atoms with Crippen molar-refractivity contribution in [3.63, 3.8) is 0 Å². The molecule has 0 fully saturated rings. The smallest absolute Gasteiger partial charge is 0.270 e. The maximum absolute atomic E-state index is 12.9. The van der Waals surface area contributed by atoms with Gasteiger partial charge in [-0.25, -0.2) is 0 Å². The average molecular weight is 523 g/mol. The summed E-state index contributed by atoms with van der Waals surface area (Å²) in [6, 6.07) is 9.66. The van der Waals surface area contributed by atoms with Gasteiger partial charge < -0.3 is 15.5 Å². The van der Waals surface area contributed by atoms with E-state index < -0.39 is 5.91 Å². The molecule has 196 valence electrons. The van der Waals surface area contributed by atoms with Gasteiger partial charge in [0.1, 0.15) is 15.3 Å². The molecule has 2 amide bonds. The van der Waals surface area contributed by atoms with Crippen LogP contribution in [0.25, 0.3) is 11.8 Å². The fourth-order valence-electron chi connectivity index (χ4n) is 3.73. The predicted octanol–water partition coefficient (Wildman–Crippen LogP) is 1.29. The molecule has 0 radical (unpaired) electrons. The highest BCUT2D eigenvalue weighted by molar-refractivity contribution is 7.07. The lowest BCUT2D eigenvalue weighted by molar-refractivity contribution is -0.120. The Labute approximate surface area is 221 Å². The number of terminal acetylenes is 1. The van der Waals surface area contributed by atoms with Crippen molar-refractivity contribution >= 4 is 46.3 Å². The van der Waals surface area contributed by atoms with Gasteiger partial charge >= 0.3 is 0 Å². The Morgan fingerprint density at radius 3 is 2.49 bits per heavy atom. The number of carbonyl (C=O) groups excluding carboxylic acids is 2. The topological polar surface area (TPSA) is 110 Å². The highest BCUT2D eigenvalue weighted by Gasteiger charge is 2.20. The third kappa shape index (κ3) is 7.32. The van der Waals surface area contributed by atoms with E-state index in [1.165, 1.54) is 10.8 Å². The Hall–Kier alpha value is -3.86. The van der Waals surface area contributed by atoms with Crippen LogP contribution in [0.4, 0.5) is 11.4 Å². The molecule has 0 saturated carbocycles. The summed E-state index contributed by atoms with van der Waals surface area (Å²) in [7, 11) is 1.74. The zero-order valence-electron chi connectivity index (χ0n) is 22.2. The maximum atomic E-state index is 12.9. The van der Waals surface area contributed by atoms with E-state index in [-0.39, 0.29) is 46.9 Å². The number of nitrogens with zero attached hydrogens (tertiary/aromatic N) is 4. The number of aromatic nitrogens is 1. The van der Waals surface area contributed by atoms with Crippen LogP contribution in [0.2, 0.25) is 0 Å². The van der Waals surface area contributed by atoms with Crippen molar-refractivity contribution < 1.29 is 9.59 Å². The number of amides is 2. The number of hydrogen-bond donors (Lipinski definition) is 2. The molecule has 0 bridgehead atoms. The molecule has 9 nitrogen and oxygen atoms in total. The van der Waals surface area contributed by atoms with Crippen molar-refractivity contribution in [1.82, 2.24) is 14.8 Å². The molecule has 2 N–H and O–H groups in total. The van der Waals surface area contributed by atoms with Gasteiger partial charge in [0.2, 0.25) is 5.91 Å². The molecular formula is C27H34N6O3S. The van der Waals surface area contributed by atoms with Gasteiger partial charge in [0.15, 0.2) is 5.57 Å². The summed E-state index contributed by atoms with van der Waals surface area (Å²) >= 11 is 1.04. The summed E-state index contributed by atoms with van der Waals surface area (Å²) in [6.45, 7) is 10.6. The molecule has 2 rings (SSSR count). The fraction of sp³-hybridized carbons (Fsp3) is 0.407. The molecule has 1 aromatic heterocycles. The van der Waals surface area contributed by atoms with Gasteiger partial charge in [-0.3, -0.25) is 23.9 Å². The van der Waals surface area contributed by atoms with Gasteiger partial charge in [0.25, 0.3) is 11.5 Å². The minimum atomic E-state index is -0.627. The predicted molar refractivity (Wildman–Crippen MR) is 149 cm³/mol. The van der Waals surface area contributed by atoms with Crippen molar-refractivity contribution in [3.8, 4) is 18.4 Å². The van der Waals surface area contributed by atoms with Crippen LogP contribution in [0, 0.1) is 23.7 Å². The van der Waals surface area contributed by atoms with Gasteiger partial charge in [-0.1, -0.05) is 12.0 Å². The van der Waals surface area contributed by atoms with Crippen molar-refractivity contribution in [2.75, 3.05) is 30.4 Å². The van der Waals surface area contributed by atoms with Gasteiger partial charge in [-0.05, 0) is 52.8 Å². The fourth-order valence-corrected chi connectivity index (χ4v) is 4.82. The van der Waals surface area contributed by atoms with Gasteiger partial charge in [-0.15, -0.1) is 17.8 Å². The molecule has 10 heteroatoms. The first-order valence-electron chi connectivity index (χ1n) is 12.0. The SMILES string of the molecule is C#CCNC(=O)/C(C#N)=c1\s/c(=C/Nc2cccc(N(C)C(=O)CN(C(C)C)C(C)C)c2)c(=O)n1CC. The first-order valence-corrected chi connectivity index (χ1v) is 12.8. The van der Waals surface area contributed by atoms with Gasteiger partial charge in [0, 0.05) is 43.3 Å². The van der Waals surface area contributed by atoms with Crippen molar-refractivity contribution in [2.24, 2.45) is 0 Å². The molecular weight excluding hydrogens is 488 g/mol. The molecule has 37 heavy (non-hydrogen) atoms. The van der Waals surface area contributed by atoms with E-state index in [1.807, 2.05) is 30.3 Å². The molecule has 0 aliphatic carbocycles. The first kappa shape index (κ1) is 29.4. The lowest BCUT2D eigenvalue weighted by Crippen LogP contribution is -2.45. The van der Waals surface area contributed by atoms with Crippen LogP contribution < -0.4 is 30.3 Å². The number of nitriles is 1. The molecule has 1 heterocycles. The highest BCUT2D eigenvalue weighted by atomic mass is 32.1. The van der Waals surface area contributed by atoms with Crippen molar-refractivity contribution in [3.05, 3.63) is 43.8 Å². The van der Waals surface area contributed by atoms with Crippen LogP contribution in [-0.4, -0.2) is 53.5 Å². The van der Waals surface area contributed by atoms with E-state index in [4.69, 9.17) is 6.42 Å². The quantitative estimate of drug-likeness (QED) is 0.455. The minimum absolute atomic E-state index is 0.0213. The molecule has 0 atom stereocenters. The van der Waals surface area contributed by atoms with Crippen LogP contribution >= 0.6 is 11.3 Å². The van der Waals surface area contributed by atoms with E-state index >= 15 is 0 Å². The summed E-state index contributed by atoms with van der Waals surface area (Å²) < 4.78 is 1.97. The molecule has 0 unspecified atom stereocenters. The number of benzene rings is 1. The summed E-state index contributed by atoms with van der Waals surface area (Å²) in [5, 5.41) is 15.1. The molecule has 0 aliphatic rings. The maximum Gasteiger partial charge on any atom is 0.270 e. The van der Waals surface area contributed by atoms with Crippen LogP contribution in [0.1, 0.15) is 34.6 Å². The number of thiazole rings is 1. The van der Waals surface area contributed by atoms with E-state index in [9.17, 15) is 19.6 Å². The third-order valence-electron chi connectivity index (χ3n) is 5.75. The standard InChI is InChI=1S/C27H34N6O3S/c1-8-13-29-25(35)22(15-28)27-32(9-2)26(36)23(37-27)16-30-20-11-10-12-21(14-20)31(7)24(34)17-33(18(3)4)19(5)6/h1,10-12,14,16,18-19,30H,9,13,17H2,2-7H3,(H,29,35)/b23-16+,27-22-. The van der Waals surface area contributed by atoms with Crippen LogP contribution in [0.3, 0.4) is 0 Å². The van der Waals surface area contributed by atoms with Crippen LogP contribution in [0.5, 0.6) is 0 Å². The highest BCUT2D eigenvalue weighted by Crippen LogP contribution is 2.19. The summed E-state index contributed by atoms with van der Waals surface area (Å²) in [5.41, 5.74) is 0.894. The molecule has 1 aromatic carbocycles. The molecule has 2 aromatic rings. The Kier molecular flexibility index (Phi) is 10.7. The number of likely N-dealkylation sites (N-methyl/N-ethyl adjacent to an activating group) is 1. The lowest BCUT2D eigenvalue weighted by Gasteiger charge is -2.31. The Bertz CT molecular complexity index is 1380. The van der Waals surface area contributed by atoms with Gasteiger partial charge in [-0.2, -0.15) is 5.26 Å². The Morgan fingerprint density at radius 1 is 1.24 bits per heavy atom. The number of nitrogens with one attached hydrogen (secondary N) is 2. The monoisotopic (exact) mass is 522 g/mol. The second-order valence-corrected chi connectivity index (χ2v) is 9.88. The molecule has 0 aliphatic heterocycles. The Morgan fingerprint density at radius 2 is 1.92 bits per heavy atom.